The van der Waals surface area contributed by atoms with Crippen molar-refractivity contribution >= 4 is 25.5 Å². The molecule has 0 amide bonds. The molecule has 0 radical (unpaired) electrons. The van der Waals surface area contributed by atoms with E-state index in [1.54, 1.807) is 12.1 Å². The Morgan fingerprint density at radius 3 is 2.32 bits per heavy atom. The predicted octanol–water partition coefficient (Wildman–Crippen LogP) is 6.04. The molecule has 41 heavy (non-hydrogen) atoms. The van der Waals surface area contributed by atoms with E-state index in [9.17, 15) is 22.8 Å². The molecule has 2 aliphatic heterocycles. The van der Waals surface area contributed by atoms with Gasteiger partial charge >= 0.3 is 12.1 Å². The van der Waals surface area contributed by atoms with Gasteiger partial charge in [0.2, 0.25) is 0 Å². The van der Waals surface area contributed by atoms with Crippen LogP contribution in [0.5, 0.6) is 0 Å². The van der Waals surface area contributed by atoms with E-state index in [1.807, 2.05) is 39.0 Å². The molecule has 1 aromatic carbocycles. The van der Waals surface area contributed by atoms with Crippen molar-refractivity contribution in [2.75, 3.05) is 13.1 Å². The molecule has 2 atom stereocenters. The van der Waals surface area contributed by atoms with Crippen LogP contribution in [0.4, 0.5) is 13.2 Å². The molecule has 2 unspecified atom stereocenters. The summed E-state index contributed by atoms with van der Waals surface area (Å²) >= 11 is 0. The molecule has 2 aliphatic rings. The van der Waals surface area contributed by atoms with Gasteiger partial charge in [-0.05, 0) is 50.4 Å². The largest absolute Gasteiger partial charge is 0.478 e. The highest BCUT2D eigenvalue weighted by Crippen LogP contribution is 2.37. The van der Waals surface area contributed by atoms with Crippen molar-refractivity contribution in [2.24, 2.45) is 9.98 Å². The summed E-state index contributed by atoms with van der Waals surface area (Å²) in [5.41, 5.74) is -0.373. The van der Waals surface area contributed by atoms with Crippen molar-refractivity contribution in [3.63, 3.8) is 0 Å². The van der Waals surface area contributed by atoms with Gasteiger partial charge in [-0.15, -0.1) is 6.58 Å². The van der Waals surface area contributed by atoms with Crippen LogP contribution in [-0.2, 0) is 15.1 Å². The van der Waals surface area contributed by atoms with Crippen LogP contribution in [0.3, 0.4) is 0 Å². The van der Waals surface area contributed by atoms with Gasteiger partial charge in [-0.3, -0.25) is 9.79 Å². The van der Waals surface area contributed by atoms with Crippen LogP contribution >= 0.6 is 0 Å². The number of hydrogen-bond acceptors (Lipinski definition) is 7. The normalized spacial score (nSPS) is 20.1. The van der Waals surface area contributed by atoms with Crippen molar-refractivity contribution in [1.29, 1.82) is 0 Å². The number of nitrogens with zero attached hydrogens (tertiary/aromatic N) is 3. The number of benzene rings is 1. The predicted molar refractivity (Wildman–Crippen MR) is 156 cm³/mol. The molecule has 0 aromatic heterocycles. The van der Waals surface area contributed by atoms with E-state index in [-0.39, 0.29) is 11.6 Å². The lowest BCUT2D eigenvalue weighted by Gasteiger charge is -2.41. The summed E-state index contributed by atoms with van der Waals surface area (Å²) in [4.78, 5) is 32.1. The van der Waals surface area contributed by atoms with E-state index in [2.05, 4.69) is 33.5 Å². The molecule has 224 valence electrons. The van der Waals surface area contributed by atoms with E-state index in [1.165, 1.54) is 24.5 Å². The van der Waals surface area contributed by atoms with Crippen LogP contribution in [0.25, 0.3) is 0 Å². The molecule has 0 aliphatic carbocycles. The lowest BCUT2D eigenvalue weighted by molar-refractivity contribution is -0.150. The Hall–Kier alpha value is -4.15. The fourth-order valence-electron chi connectivity index (χ4n) is 4.13. The van der Waals surface area contributed by atoms with Crippen LogP contribution in [0, 0.1) is 0 Å². The third kappa shape index (κ3) is 10.1. The average Bonchev–Trinajstić information content (AvgIpc) is 3.42. The van der Waals surface area contributed by atoms with Gasteiger partial charge in [0.15, 0.2) is 0 Å². The smallest absolute Gasteiger partial charge is 0.412 e. The Kier molecular flexibility index (Phi) is 14.3. The van der Waals surface area contributed by atoms with Gasteiger partial charge < -0.3 is 20.1 Å². The summed E-state index contributed by atoms with van der Waals surface area (Å²) in [6, 6.07) is 5.74. The first-order valence-corrected chi connectivity index (χ1v) is 13.2. The maximum absolute atomic E-state index is 12.2. The molecule has 2 heterocycles. The fraction of sp³-hybridized carbons (Fsp3) is 0.400. The van der Waals surface area contributed by atoms with Gasteiger partial charge in [0.25, 0.3) is 6.47 Å². The van der Waals surface area contributed by atoms with Crippen molar-refractivity contribution in [3.05, 3.63) is 83.7 Å². The number of likely N-dealkylation sites (tertiary alicyclic amines) is 1. The monoisotopic (exact) mass is 576 g/mol. The number of ether oxygens (including phenoxy) is 1. The van der Waals surface area contributed by atoms with Gasteiger partial charge in [-0.1, -0.05) is 44.2 Å². The SMILES string of the molecule is C=CC1NC=NC1/C=C(\C)C(F)(F)F.C=N/C(=C\C=C/C)N1CCC(OC=O)(c2ccc(C(=O)O)cc2)CC1.CC. The standard InChI is InChI=1S/C19H22N2O4.C9H11F3N2.C2H6/c1-3-4-5-17(20-2)21-12-10-19(11-13-21,25-14-22)16-8-6-15(7-9-16)18(23)24;1-3-7-8(14-5-13-7)4-6(2)9(10,11)12;1-2/h3-9,14H,2,10-13H2,1H3,(H,23,24);3-5,7-8H,1H2,2H3,(H,13,14);1-2H3/b4-3-,17-5+;6-4+;. The second kappa shape index (κ2) is 16.8. The van der Waals surface area contributed by atoms with Gasteiger partial charge in [-0.25, -0.2) is 9.79 Å². The fourth-order valence-corrected chi connectivity index (χ4v) is 4.13. The van der Waals surface area contributed by atoms with Crippen LogP contribution in [0.2, 0.25) is 0 Å². The summed E-state index contributed by atoms with van der Waals surface area (Å²) in [5, 5.41) is 11.8. The Morgan fingerprint density at radius 1 is 1.24 bits per heavy atom. The molecule has 3 rings (SSSR count). The summed E-state index contributed by atoms with van der Waals surface area (Å²) in [6.07, 6.45) is 6.64. The van der Waals surface area contributed by atoms with E-state index in [4.69, 9.17) is 9.84 Å². The number of carbonyl (C=O) groups excluding carboxylic acids is 1. The molecule has 1 fully saturated rings. The molecule has 0 saturated carbocycles. The molecule has 0 spiro atoms. The van der Waals surface area contributed by atoms with Crippen molar-refractivity contribution in [1.82, 2.24) is 10.2 Å². The number of nitrogens with one attached hydrogen (secondary N) is 1. The minimum atomic E-state index is -4.27. The Morgan fingerprint density at radius 2 is 1.85 bits per heavy atom. The minimum absolute atomic E-state index is 0.204. The van der Waals surface area contributed by atoms with Crippen LogP contribution in [-0.4, -0.2) is 66.9 Å². The number of alkyl halides is 3. The third-order valence-corrected chi connectivity index (χ3v) is 6.43. The number of aromatic carboxylic acids is 1. The second-order valence-corrected chi connectivity index (χ2v) is 8.83. The molecular weight excluding hydrogens is 537 g/mol. The van der Waals surface area contributed by atoms with E-state index in [0.717, 1.165) is 24.4 Å². The maximum atomic E-state index is 12.2. The van der Waals surface area contributed by atoms with Gasteiger partial charge in [0.1, 0.15) is 11.4 Å². The van der Waals surface area contributed by atoms with E-state index in [0.29, 0.717) is 32.4 Å². The zero-order valence-electron chi connectivity index (χ0n) is 23.9. The van der Waals surface area contributed by atoms with Gasteiger partial charge in [0, 0.05) is 31.5 Å². The van der Waals surface area contributed by atoms with Gasteiger partial charge in [-0.2, -0.15) is 13.2 Å². The number of aliphatic imine (C=N–C) groups is 2. The highest BCUT2D eigenvalue weighted by molar-refractivity contribution is 5.87. The highest BCUT2D eigenvalue weighted by atomic mass is 19.4. The summed E-state index contributed by atoms with van der Waals surface area (Å²) < 4.78 is 42.0. The second-order valence-electron chi connectivity index (χ2n) is 8.83. The molecule has 8 nitrogen and oxygen atoms in total. The molecule has 1 saturated heterocycles. The lowest BCUT2D eigenvalue weighted by Crippen LogP contribution is -2.43. The third-order valence-electron chi connectivity index (χ3n) is 6.43. The topological polar surface area (TPSA) is 104 Å². The summed E-state index contributed by atoms with van der Waals surface area (Å²) in [5.74, 6) is -0.207. The quantitative estimate of drug-likeness (QED) is 0.161. The number of rotatable bonds is 9. The lowest BCUT2D eigenvalue weighted by atomic mass is 9.83. The molecule has 1 aromatic rings. The molecule has 0 bridgehead atoms. The van der Waals surface area contributed by atoms with Crippen molar-refractivity contribution < 1.29 is 32.6 Å². The van der Waals surface area contributed by atoms with Crippen molar-refractivity contribution in [2.45, 2.75) is 64.4 Å². The van der Waals surface area contributed by atoms with Gasteiger partial charge in [0.05, 0.1) is 24.0 Å². The average molecular weight is 577 g/mol. The minimum Gasteiger partial charge on any atom is -0.478 e. The number of carbonyl (C=O) groups is 2. The van der Waals surface area contributed by atoms with E-state index < -0.39 is 29.4 Å². The Balaban J connectivity index is 0.000000445. The number of hydrogen-bond donors (Lipinski definition) is 2. The highest BCUT2D eigenvalue weighted by Gasteiger charge is 2.38. The zero-order chi connectivity index (χ0) is 31.1. The summed E-state index contributed by atoms with van der Waals surface area (Å²) in [7, 11) is 0. The molecule has 2 N–H and O–H groups in total. The Bertz CT molecular complexity index is 1130. The first-order chi connectivity index (χ1) is 19.5. The molecule has 11 heteroatoms. The summed E-state index contributed by atoms with van der Waals surface area (Å²) in [6.45, 7) is 15.8. The number of allylic oxidation sites excluding steroid dienone is 4. The number of halogens is 3. The first kappa shape index (κ1) is 34.9. The maximum Gasteiger partial charge on any atom is 0.412 e. The van der Waals surface area contributed by atoms with E-state index >= 15 is 0 Å². The first-order valence-electron chi connectivity index (χ1n) is 13.2. The zero-order valence-corrected chi connectivity index (χ0v) is 23.9. The molecular formula is C30H39F3N4O4. The number of piperidine rings is 1. The Labute approximate surface area is 239 Å². The van der Waals surface area contributed by atoms with Crippen LogP contribution < -0.4 is 5.32 Å². The number of carboxylic acids is 1. The van der Waals surface area contributed by atoms with Crippen LogP contribution in [0.15, 0.2) is 82.6 Å². The number of carboxylic acid groups (broad SMARTS) is 1. The van der Waals surface area contributed by atoms with Crippen molar-refractivity contribution in [3.8, 4) is 0 Å². The van der Waals surface area contributed by atoms with Crippen LogP contribution in [0.1, 0.15) is 56.5 Å².